The van der Waals surface area contributed by atoms with Crippen LogP contribution in [0.4, 0.5) is 0 Å². The minimum Gasteiger partial charge on any atom is -0.388 e. The third-order valence-electron chi connectivity index (χ3n) is 2.66. The quantitative estimate of drug-likeness (QED) is 0.860. The minimum atomic E-state index is -0.484. The number of halogens is 2. The zero-order valence-corrected chi connectivity index (χ0v) is 12.4. The molecule has 0 aliphatic heterocycles. The Balaban J connectivity index is 2.20. The van der Waals surface area contributed by atoms with Gasteiger partial charge in [-0.25, -0.2) is 0 Å². The van der Waals surface area contributed by atoms with E-state index in [2.05, 4.69) is 15.9 Å². The van der Waals surface area contributed by atoms with Gasteiger partial charge in [-0.3, -0.25) is 0 Å². The maximum atomic E-state index is 10.2. The van der Waals surface area contributed by atoms with Crippen LogP contribution in [0, 0.1) is 6.92 Å². The number of thiophene rings is 1. The fraction of sp³-hybridized carbons (Fsp3) is 0.231. The number of aliphatic hydroxyl groups is 1. The number of hydrogen-bond acceptors (Lipinski definition) is 2. The molecule has 0 amide bonds. The molecule has 1 N–H and O–H groups in total. The second kappa shape index (κ2) is 5.53. The number of rotatable bonds is 3. The first-order chi connectivity index (χ1) is 8.08. The largest absolute Gasteiger partial charge is 0.388 e. The molecule has 1 nitrogen and oxygen atoms in total. The van der Waals surface area contributed by atoms with Gasteiger partial charge in [0.1, 0.15) is 0 Å². The summed E-state index contributed by atoms with van der Waals surface area (Å²) in [4.78, 5) is 1.16. The normalized spacial score (nSPS) is 12.7. The molecule has 0 aliphatic carbocycles. The van der Waals surface area contributed by atoms with Gasteiger partial charge < -0.3 is 5.11 Å². The number of aryl methyl sites for hydroxylation is 1. The number of benzene rings is 1. The average molecular weight is 332 g/mol. The molecule has 1 aromatic heterocycles. The van der Waals surface area contributed by atoms with E-state index in [4.69, 9.17) is 11.6 Å². The average Bonchev–Trinajstić information content (AvgIpc) is 2.64. The van der Waals surface area contributed by atoms with Gasteiger partial charge >= 0.3 is 0 Å². The second-order valence-corrected chi connectivity index (χ2v) is 6.20. The maximum absolute atomic E-state index is 10.2. The van der Waals surface area contributed by atoms with E-state index in [1.807, 2.05) is 36.6 Å². The molecule has 0 aliphatic rings. The van der Waals surface area contributed by atoms with Gasteiger partial charge in [0.25, 0.3) is 0 Å². The van der Waals surface area contributed by atoms with Crippen LogP contribution in [0.3, 0.4) is 0 Å². The molecule has 0 saturated heterocycles. The first-order valence-corrected chi connectivity index (χ1v) is 7.29. The van der Waals surface area contributed by atoms with E-state index in [0.717, 1.165) is 20.5 Å². The van der Waals surface area contributed by atoms with Crippen LogP contribution in [0.1, 0.15) is 22.1 Å². The fourth-order valence-electron chi connectivity index (χ4n) is 1.77. The molecule has 17 heavy (non-hydrogen) atoms. The zero-order valence-electron chi connectivity index (χ0n) is 9.28. The van der Waals surface area contributed by atoms with Crippen molar-refractivity contribution < 1.29 is 5.11 Å². The van der Waals surface area contributed by atoms with E-state index in [1.165, 1.54) is 0 Å². The van der Waals surface area contributed by atoms with E-state index in [-0.39, 0.29) is 0 Å². The van der Waals surface area contributed by atoms with Crippen molar-refractivity contribution in [2.45, 2.75) is 19.4 Å². The van der Waals surface area contributed by atoms with Gasteiger partial charge in [0.15, 0.2) is 0 Å². The Morgan fingerprint density at radius 2 is 2.18 bits per heavy atom. The van der Waals surface area contributed by atoms with Gasteiger partial charge in [0.05, 0.1) is 6.10 Å². The molecule has 1 aromatic carbocycles. The Hall–Kier alpha value is -0.350. The molecule has 0 radical (unpaired) electrons. The van der Waals surface area contributed by atoms with Crippen molar-refractivity contribution in [1.29, 1.82) is 0 Å². The lowest BCUT2D eigenvalue weighted by Gasteiger charge is -2.13. The lowest BCUT2D eigenvalue weighted by atomic mass is 10.0. The van der Waals surface area contributed by atoms with Crippen LogP contribution in [0.5, 0.6) is 0 Å². The summed E-state index contributed by atoms with van der Waals surface area (Å²) in [5, 5.41) is 13.0. The number of aliphatic hydroxyl groups excluding tert-OH is 1. The molecule has 2 aromatic rings. The second-order valence-electron chi connectivity index (χ2n) is 3.91. The molecule has 1 unspecified atom stereocenters. The van der Waals surface area contributed by atoms with E-state index in [9.17, 15) is 5.11 Å². The summed E-state index contributed by atoms with van der Waals surface area (Å²) in [5.74, 6) is 0. The highest BCUT2D eigenvalue weighted by Gasteiger charge is 2.13. The van der Waals surface area contributed by atoms with E-state index < -0.39 is 6.10 Å². The van der Waals surface area contributed by atoms with Crippen molar-refractivity contribution in [2.24, 2.45) is 0 Å². The lowest BCUT2D eigenvalue weighted by Crippen LogP contribution is -2.03. The first kappa shape index (κ1) is 13.1. The molecule has 1 atom stereocenters. The van der Waals surface area contributed by atoms with Crippen LogP contribution in [-0.2, 0) is 6.42 Å². The highest BCUT2D eigenvalue weighted by atomic mass is 79.9. The van der Waals surface area contributed by atoms with Crippen LogP contribution in [0.2, 0.25) is 5.02 Å². The monoisotopic (exact) mass is 330 g/mol. The SMILES string of the molecule is Cc1cc(Cl)ccc1C(O)Cc1sccc1Br. The van der Waals surface area contributed by atoms with Gasteiger partial charge in [-0.2, -0.15) is 0 Å². The molecule has 0 bridgehead atoms. The first-order valence-electron chi connectivity index (χ1n) is 5.24. The van der Waals surface area contributed by atoms with E-state index >= 15 is 0 Å². The topological polar surface area (TPSA) is 20.2 Å². The summed E-state index contributed by atoms with van der Waals surface area (Å²) in [7, 11) is 0. The zero-order chi connectivity index (χ0) is 12.4. The smallest absolute Gasteiger partial charge is 0.0841 e. The van der Waals surface area contributed by atoms with E-state index in [1.54, 1.807) is 11.3 Å². The maximum Gasteiger partial charge on any atom is 0.0841 e. The Labute approximate surface area is 118 Å². The highest BCUT2D eigenvalue weighted by Crippen LogP contribution is 2.30. The predicted octanol–water partition coefficient (Wildman–Crippen LogP) is 4.75. The third-order valence-corrected chi connectivity index (χ3v) is 4.84. The lowest BCUT2D eigenvalue weighted by molar-refractivity contribution is 0.178. The van der Waals surface area contributed by atoms with Crippen molar-refractivity contribution in [3.63, 3.8) is 0 Å². The van der Waals surface area contributed by atoms with Crippen molar-refractivity contribution >= 4 is 38.9 Å². The summed E-state index contributed by atoms with van der Waals surface area (Å²) in [5.41, 5.74) is 1.97. The summed E-state index contributed by atoms with van der Waals surface area (Å²) in [6, 6.07) is 7.59. The molecule has 90 valence electrons. The Morgan fingerprint density at radius 3 is 2.76 bits per heavy atom. The third kappa shape index (κ3) is 3.10. The number of hydrogen-bond donors (Lipinski definition) is 1. The van der Waals surface area contributed by atoms with Gasteiger partial charge in [0, 0.05) is 20.8 Å². The predicted molar refractivity (Wildman–Crippen MR) is 76.9 cm³/mol. The van der Waals surface area contributed by atoms with Crippen LogP contribution >= 0.6 is 38.9 Å². The Morgan fingerprint density at radius 1 is 1.41 bits per heavy atom. The Kier molecular flexibility index (Phi) is 4.26. The van der Waals surface area contributed by atoms with E-state index in [0.29, 0.717) is 11.4 Å². The molecule has 2 rings (SSSR count). The van der Waals surface area contributed by atoms with Crippen molar-refractivity contribution in [2.75, 3.05) is 0 Å². The van der Waals surface area contributed by atoms with Gasteiger partial charge in [0.2, 0.25) is 0 Å². The minimum absolute atomic E-state index is 0.484. The van der Waals surface area contributed by atoms with Crippen molar-refractivity contribution in [3.8, 4) is 0 Å². The van der Waals surface area contributed by atoms with Gasteiger partial charge in [-0.1, -0.05) is 17.7 Å². The molecular formula is C13H12BrClOS. The molecule has 4 heteroatoms. The van der Waals surface area contributed by atoms with Gasteiger partial charge in [-0.05, 0) is 57.6 Å². The summed E-state index contributed by atoms with van der Waals surface area (Å²) in [6.45, 7) is 1.97. The fourth-order valence-corrected chi connectivity index (χ4v) is 3.55. The molecular weight excluding hydrogens is 320 g/mol. The van der Waals surface area contributed by atoms with Crippen molar-refractivity contribution in [1.82, 2.24) is 0 Å². The summed E-state index contributed by atoms with van der Waals surface area (Å²) >= 11 is 11.0. The molecule has 0 fully saturated rings. The van der Waals surface area contributed by atoms with Crippen LogP contribution in [0.15, 0.2) is 34.1 Å². The molecule has 0 saturated carbocycles. The summed E-state index contributed by atoms with van der Waals surface area (Å²) < 4.78 is 1.06. The van der Waals surface area contributed by atoms with Crippen LogP contribution in [0.25, 0.3) is 0 Å². The van der Waals surface area contributed by atoms with Gasteiger partial charge in [-0.15, -0.1) is 11.3 Å². The van der Waals surface area contributed by atoms with Crippen LogP contribution < -0.4 is 0 Å². The molecule has 0 spiro atoms. The summed E-state index contributed by atoms with van der Waals surface area (Å²) in [6.07, 6.45) is 0.142. The Bertz CT molecular complexity index is 524. The van der Waals surface area contributed by atoms with Crippen LogP contribution in [-0.4, -0.2) is 5.11 Å². The van der Waals surface area contributed by atoms with Crippen molar-refractivity contribution in [3.05, 3.63) is 55.1 Å². The highest BCUT2D eigenvalue weighted by molar-refractivity contribution is 9.10. The molecule has 1 heterocycles. The standard InChI is InChI=1S/C13H12BrClOS/c1-8-6-9(15)2-3-10(8)12(16)7-13-11(14)4-5-17-13/h2-6,12,16H,7H2,1H3.